The van der Waals surface area contributed by atoms with E-state index in [1.165, 1.54) is 148 Å². The molecule has 0 N–H and O–H groups in total. The van der Waals surface area contributed by atoms with Crippen LogP contribution >= 0.6 is 0 Å². The Bertz CT molecular complexity index is 1180. The molecule has 5 nitrogen and oxygen atoms in total. The van der Waals surface area contributed by atoms with Crippen LogP contribution in [0.1, 0.15) is 278 Å². The van der Waals surface area contributed by atoms with Crippen LogP contribution in [0, 0.1) is 0 Å². The van der Waals surface area contributed by atoms with Crippen molar-refractivity contribution in [2.45, 2.75) is 284 Å². The Morgan fingerprint density at radius 3 is 1.12 bits per heavy atom. The molecule has 0 saturated carbocycles. The highest BCUT2D eigenvalue weighted by atomic mass is 16.6. The number of esters is 2. The summed E-state index contributed by atoms with van der Waals surface area (Å²) in [5, 5.41) is 0. The van der Waals surface area contributed by atoms with Crippen LogP contribution in [0.3, 0.4) is 0 Å². The second kappa shape index (κ2) is 56.7. The van der Waals surface area contributed by atoms with Gasteiger partial charge in [0.25, 0.3) is 0 Å². The van der Waals surface area contributed by atoms with Crippen molar-refractivity contribution < 1.29 is 23.8 Å². The Labute approximate surface area is 410 Å². The van der Waals surface area contributed by atoms with E-state index in [4.69, 9.17) is 14.2 Å². The number of rotatable bonds is 52. The van der Waals surface area contributed by atoms with Crippen LogP contribution in [-0.2, 0) is 23.8 Å². The van der Waals surface area contributed by atoms with Gasteiger partial charge in [0.05, 0.1) is 6.61 Å². The van der Waals surface area contributed by atoms with Gasteiger partial charge in [-0.2, -0.15) is 0 Å². The zero-order chi connectivity index (χ0) is 47.7. The lowest BCUT2D eigenvalue weighted by atomic mass is 10.0. The molecule has 1 atom stereocenters. The summed E-state index contributed by atoms with van der Waals surface area (Å²) in [6.07, 6.45) is 73.5. The van der Waals surface area contributed by atoms with Crippen molar-refractivity contribution in [1.29, 1.82) is 0 Å². The summed E-state index contributed by atoms with van der Waals surface area (Å²) in [6.45, 7) is 7.70. The van der Waals surface area contributed by atoms with E-state index in [9.17, 15) is 9.59 Å². The first-order valence-electron chi connectivity index (χ1n) is 28.5. The van der Waals surface area contributed by atoms with Gasteiger partial charge in [-0.15, -0.1) is 0 Å². The lowest BCUT2D eigenvalue weighted by Crippen LogP contribution is -2.30. The van der Waals surface area contributed by atoms with Gasteiger partial charge in [-0.05, 0) is 89.9 Å². The summed E-state index contributed by atoms with van der Waals surface area (Å²) < 4.78 is 17.4. The minimum atomic E-state index is -0.555. The highest BCUT2D eigenvalue weighted by molar-refractivity contribution is 5.70. The van der Waals surface area contributed by atoms with Gasteiger partial charge in [0, 0.05) is 19.4 Å². The summed E-state index contributed by atoms with van der Waals surface area (Å²) >= 11 is 0. The molecule has 0 rings (SSSR count). The molecule has 0 saturated heterocycles. The second-order valence-corrected chi connectivity index (χ2v) is 18.8. The monoisotopic (exact) mass is 921 g/mol. The quantitative estimate of drug-likeness (QED) is 0.0346. The maximum Gasteiger partial charge on any atom is 0.306 e. The predicted molar refractivity (Wildman–Crippen MR) is 288 cm³/mol. The fraction of sp³-hybridized carbons (Fsp3) is 0.770. The van der Waals surface area contributed by atoms with Gasteiger partial charge in [-0.3, -0.25) is 9.59 Å². The lowest BCUT2D eigenvalue weighted by Gasteiger charge is -2.18. The molecule has 382 valence electrons. The molecule has 0 aliphatic heterocycles. The molecule has 0 fully saturated rings. The van der Waals surface area contributed by atoms with E-state index in [0.29, 0.717) is 19.4 Å². The maximum absolute atomic E-state index is 12.8. The molecular formula is C61H108O5. The Kier molecular flexibility index (Phi) is 54.4. The van der Waals surface area contributed by atoms with Gasteiger partial charge < -0.3 is 14.2 Å². The van der Waals surface area contributed by atoms with Crippen molar-refractivity contribution in [3.8, 4) is 0 Å². The van der Waals surface area contributed by atoms with Crippen LogP contribution in [0.15, 0.2) is 72.9 Å². The van der Waals surface area contributed by atoms with Gasteiger partial charge in [0.2, 0.25) is 0 Å². The summed E-state index contributed by atoms with van der Waals surface area (Å²) in [5.41, 5.74) is 0. The molecule has 0 aromatic heterocycles. The second-order valence-electron chi connectivity index (χ2n) is 18.8. The van der Waals surface area contributed by atoms with Gasteiger partial charge in [0.15, 0.2) is 6.10 Å². The minimum absolute atomic E-state index is 0.0654. The number of hydrogen-bond donors (Lipinski definition) is 0. The van der Waals surface area contributed by atoms with E-state index in [0.717, 1.165) is 96.3 Å². The maximum atomic E-state index is 12.8. The van der Waals surface area contributed by atoms with E-state index >= 15 is 0 Å². The SMILES string of the molecule is CC/C=C\C/C=C\C/C=C\C/C=C\C/C=C\CCCCCC(=O)OC[C@@H](COCCCCCCCCCCCCCCCCCC)OC(=O)CCCCCCC/C=C\CCCCCCCC. The predicted octanol–water partition coefficient (Wildman–Crippen LogP) is 19.5. The summed E-state index contributed by atoms with van der Waals surface area (Å²) in [5.74, 6) is -0.435. The van der Waals surface area contributed by atoms with Gasteiger partial charge in [0.1, 0.15) is 6.61 Å². The number of unbranched alkanes of at least 4 members (excludes halogenated alkanes) is 29. The molecule has 0 amide bonds. The van der Waals surface area contributed by atoms with E-state index < -0.39 is 6.10 Å². The fourth-order valence-corrected chi connectivity index (χ4v) is 8.00. The van der Waals surface area contributed by atoms with Crippen molar-refractivity contribution in [3.05, 3.63) is 72.9 Å². The molecule has 66 heavy (non-hydrogen) atoms. The minimum Gasteiger partial charge on any atom is -0.462 e. The third-order valence-corrected chi connectivity index (χ3v) is 12.2. The first kappa shape index (κ1) is 63.3. The Morgan fingerprint density at radius 1 is 0.348 bits per heavy atom. The van der Waals surface area contributed by atoms with Crippen LogP contribution in [0.5, 0.6) is 0 Å². The highest BCUT2D eigenvalue weighted by Gasteiger charge is 2.17. The summed E-state index contributed by atoms with van der Waals surface area (Å²) in [7, 11) is 0. The zero-order valence-electron chi connectivity index (χ0n) is 44.0. The average molecular weight is 922 g/mol. The molecule has 0 aromatic carbocycles. The Hall–Kier alpha value is -2.66. The van der Waals surface area contributed by atoms with Crippen LogP contribution in [0.4, 0.5) is 0 Å². The number of carbonyl (C=O) groups is 2. The van der Waals surface area contributed by atoms with E-state index in [-0.39, 0.29) is 25.2 Å². The summed E-state index contributed by atoms with van der Waals surface area (Å²) in [4.78, 5) is 25.5. The third kappa shape index (κ3) is 54.0. The highest BCUT2D eigenvalue weighted by Crippen LogP contribution is 2.15. The van der Waals surface area contributed by atoms with E-state index in [1.807, 2.05) is 0 Å². The first-order chi connectivity index (χ1) is 32.6. The van der Waals surface area contributed by atoms with Gasteiger partial charge in [-0.25, -0.2) is 0 Å². The van der Waals surface area contributed by atoms with E-state index in [1.54, 1.807) is 0 Å². The molecule has 0 unspecified atom stereocenters. The molecule has 0 heterocycles. The Morgan fingerprint density at radius 2 is 0.682 bits per heavy atom. The molecule has 0 aliphatic rings. The lowest BCUT2D eigenvalue weighted by molar-refractivity contribution is -0.163. The smallest absolute Gasteiger partial charge is 0.306 e. The van der Waals surface area contributed by atoms with Gasteiger partial charge in [-0.1, -0.05) is 248 Å². The molecule has 0 aromatic rings. The first-order valence-corrected chi connectivity index (χ1v) is 28.5. The molecule has 0 radical (unpaired) electrons. The Balaban J connectivity index is 4.33. The zero-order valence-corrected chi connectivity index (χ0v) is 44.0. The number of ether oxygens (including phenoxy) is 3. The molecular weight excluding hydrogens is 813 g/mol. The van der Waals surface area contributed by atoms with Crippen molar-refractivity contribution in [2.24, 2.45) is 0 Å². The number of allylic oxidation sites excluding steroid dienone is 12. The normalized spacial score (nSPS) is 12.7. The van der Waals surface area contributed by atoms with Crippen molar-refractivity contribution in [1.82, 2.24) is 0 Å². The largest absolute Gasteiger partial charge is 0.462 e. The number of carbonyl (C=O) groups excluding carboxylic acids is 2. The van der Waals surface area contributed by atoms with Crippen molar-refractivity contribution in [2.75, 3.05) is 19.8 Å². The van der Waals surface area contributed by atoms with Crippen LogP contribution < -0.4 is 0 Å². The summed E-state index contributed by atoms with van der Waals surface area (Å²) in [6, 6.07) is 0. The molecule has 0 spiro atoms. The van der Waals surface area contributed by atoms with Crippen LogP contribution in [-0.4, -0.2) is 37.9 Å². The van der Waals surface area contributed by atoms with E-state index in [2.05, 4.69) is 93.7 Å². The average Bonchev–Trinajstić information content (AvgIpc) is 3.32. The van der Waals surface area contributed by atoms with Crippen LogP contribution in [0.2, 0.25) is 0 Å². The van der Waals surface area contributed by atoms with Crippen molar-refractivity contribution >= 4 is 11.9 Å². The fourth-order valence-electron chi connectivity index (χ4n) is 8.00. The third-order valence-electron chi connectivity index (χ3n) is 12.2. The molecule has 0 aliphatic carbocycles. The standard InChI is InChI=1S/C61H108O5/c1-4-7-10-13-16-19-22-25-28-30-31-32-34-36-39-42-45-48-51-54-60(62)65-58-59(57-64-56-53-50-47-44-41-38-35-29-26-23-20-17-14-11-8-5-2)66-61(63)55-52-49-46-43-40-37-33-27-24-21-18-15-12-9-6-3/h7,10,16,19,25,27-28,31-33,36,39,59H,4-6,8-9,11-15,17-18,20-24,26,29-30,34-35,37-38,40-58H2,1-3H3/b10-7-,19-16-,28-25-,32-31-,33-27-,39-36-/t59-/m1/s1. The van der Waals surface area contributed by atoms with Gasteiger partial charge >= 0.3 is 11.9 Å². The molecule has 5 heteroatoms. The van der Waals surface area contributed by atoms with Crippen molar-refractivity contribution in [3.63, 3.8) is 0 Å². The van der Waals surface area contributed by atoms with Crippen LogP contribution in [0.25, 0.3) is 0 Å². The number of hydrogen-bond acceptors (Lipinski definition) is 5. The topological polar surface area (TPSA) is 61.8 Å². The molecule has 0 bridgehead atoms.